The SMILES string of the molecule is COc1cc(N2Cc3ccc(-c4ccc(C(C)C)cc4C#N)nc3C2=O)ccc1OCCN1CCNCC1. The molecule has 1 amide bonds. The lowest BCUT2D eigenvalue weighted by atomic mass is 9.96. The van der Waals surface area contributed by atoms with E-state index in [0.29, 0.717) is 47.5 Å². The summed E-state index contributed by atoms with van der Waals surface area (Å²) in [5.74, 6) is 1.39. The predicted octanol–water partition coefficient (Wildman–Crippen LogP) is 4.20. The van der Waals surface area contributed by atoms with Crippen molar-refractivity contribution in [3.63, 3.8) is 0 Å². The van der Waals surface area contributed by atoms with E-state index in [1.165, 1.54) is 0 Å². The molecular weight excluding hydrogens is 478 g/mol. The first-order chi connectivity index (χ1) is 18.5. The molecule has 0 radical (unpaired) electrons. The minimum absolute atomic E-state index is 0.173. The van der Waals surface area contributed by atoms with Crippen LogP contribution in [0.3, 0.4) is 0 Å². The van der Waals surface area contributed by atoms with Crippen molar-refractivity contribution in [2.75, 3.05) is 51.3 Å². The maximum atomic E-state index is 13.4. The van der Waals surface area contributed by atoms with Crippen LogP contribution in [0.15, 0.2) is 48.5 Å². The molecule has 8 heteroatoms. The Bertz CT molecular complexity index is 1370. The monoisotopic (exact) mass is 511 g/mol. The van der Waals surface area contributed by atoms with Crippen molar-refractivity contribution in [2.45, 2.75) is 26.3 Å². The molecule has 0 atom stereocenters. The van der Waals surface area contributed by atoms with E-state index in [-0.39, 0.29) is 5.91 Å². The van der Waals surface area contributed by atoms with Crippen LogP contribution in [-0.2, 0) is 6.54 Å². The van der Waals surface area contributed by atoms with Crippen LogP contribution in [0.1, 0.15) is 46.9 Å². The minimum atomic E-state index is -0.173. The van der Waals surface area contributed by atoms with Crippen molar-refractivity contribution in [2.24, 2.45) is 0 Å². The number of amides is 1. The summed E-state index contributed by atoms with van der Waals surface area (Å²) < 4.78 is 11.6. The number of piperazine rings is 1. The molecule has 0 spiro atoms. The summed E-state index contributed by atoms with van der Waals surface area (Å²) in [7, 11) is 1.61. The molecule has 0 bridgehead atoms. The quantitative estimate of drug-likeness (QED) is 0.485. The molecule has 1 saturated heterocycles. The molecule has 38 heavy (non-hydrogen) atoms. The van der Waals surface area contributed by atoms with Crippen molar-refractivity contribution < 1.29 is 14.3 Å². The van der Waals surface area contributed by atoms with Crippen LogP contribution in [0.2, 0.25) is 0 Å². The Balaban J connectivity index is 1.33. The number of carbonyl (C=O) groups is 1. The first-order valence-electron chi connectivity index (χ1n) is 13.1. The molecule has 1 N–H and O–H groups in total. The number of benzene rings is 2. The minimum Gasteiger partial charge on any atom is -0.493 e. The van der Waals surface area contributed by atoms with Gasteiger partial charge in [0.1, 0.15) is 12.3 Å². The fourth-order valence-electron chi connectivity index (χ4n) is 4.93. The zero-order valence-electron chi connectivity index (χ0n) is 22.2. The number of fused-ring (bicyclic) bond motifs is 1. The van der Waals surface area contributed by atoms with Crippen LogP contribution in [0.4, 0.5) is 5.69 Å². The Morgan fingerprint density at radius 1 is 1.08 bits per heavy atom. The van der Waals surface area contributed by atoms with Gasteiger partial charge in [-0.05, 0) is 35.7 Å². The molecule has 3 heterocycles. The number of carbonyl (C=O) groups excluding carboxylic acids is 1. The van der Waals surface area contributed by atoms with Gasteiger partial charge in [0.05, 0.1) is 31.0 Å². The van der Waals surface area contributed by atoms with Crippen molar-refractivity contribution >= 4 is 11.6 Å². The Kier molecular flexibility index (Phi) is 7.59. The molecule has 0 aliphatic carbocycles. The number of rotatable bonds is 8. The second kappa shape index (κ2) is 11.2. The number of methoxy groups -OCH3 is 1. The molecule has 1 aromatic heterocycles. The third-order valence-electron chi connectivity index (χ3n) is 7.20. The number of aromatic nitrogens is 1. The Labute approximate surface area is 223 Å². The summed E-state index contributed by atoms with van der Waals surface area (Å²) >= 11 is 0. The van der Waals surface area contributed by atoms with Crippen molar-refractivity contribution in [3.8, 4) is 28.8 Å². The van der Waals surface area contributed by atoms with Gasteiger partial charge in [0.2, 0.25) is 0 Å². The third-order valence-corrected chi connectivity index (χ3v) is 7.20. The Hall–Kier alpha value is -3.93. The zero-order valence-corrected chi connectivity index (χ0v) is 22.2. The summed E-state index contributed by atoms with van der Waals surface area (Å²) in [6.07, 6.45) is 0. The second-order valence-corrected chi connectivity index (χ2v) is 9.94. The highest BCUT2D eigenvalue weighted by molar-refractivity contribution is 6.09. The molecule has 2 aliphatic rings. The van der Waals surface area contributed by atoms with Gasteiger partial charge in [0, 0.05) is 55.6 Å². The van der Waals surface area contributed by atoms with Gasteiger partial charge in [0.15, 0.2) is 11.5 Å². The van der Waals surface area contributed by atoms with Crippen LogP contribution < -0.4 is 19.7 Å². The second-order valence-electron chi connectivity index (χ2n) is 9.94. The number of nitrogens with one attached hydrogen (secondary N) is 1. The van der Waals surface area contributed by atoms with Crippen LogP contribution in [0.5, 0.6) is 11.5 Å². The number of anilines is 1. The van der Waals surface area contributed by atoms with E-state index in [4.69, 9.17) is 14.5 Å². The first-order valence-corrected chi connectivity index (χ1v) is 13.1. The zero-order chi connectivity index (χ0) is 26.6. The smallest absolute Gasteiger partial charge is 0.277 e. The molecule has 2 aromatic carbocycles. The predicted molar refractivity (Wildman–Crippen MR) is 147 cm³/mol. The molecule has 3 aromatic rings. The number of hydrogen-bond acceptors (Lipinski definition) is 7. The van der Waals surface area contributed by atoms with Gasteiger partial charge in [-0.3, -0.25) is 9.69 Å². The van der Waals surface area contributed by atoms with E-state index in [9.17, 15) is 10.1 Å². The molecule has 0 saturated carbocycles. The highest BCUT2D eigenvalue weighted by Crippen LogP contribution is 2.36. The van der Waals surface area contributed by atoms with Crippen LogP contribution in [0.25, 0.3) is 11.3 Å². The summed E-state index contributed by atoms with van der Waals surface area (Å²) in [6, 6.07) is 17.5. The molecule has 5 rings (SSSR count). The number of ether oxygens (including phenoxy) is 2. The van der Waals surface area contributed by atoms with Crippen molar-refractivity contribution in [3.05, 3.63) is 70.9 Å². The number of nitriles is 1. The maximum Gasteiger partial charge on any atom is 0.277 e. The largest absolute Gasteiger partial charge is 0.493 e. The lowest BCUT2D eigenvalue weighted by molar-refractivity contribution is 0.0992. The normalized spacial score (nSPS) is 15.4. The average molecular weight is 512 g/mol. The van der Waals surface area contributed by atoms with Gasteiger partial charge < -0.3 is 19.7 Å². The number of nitrogens with zero attached hydrogens (tertiary/aromatic N) is 4. The molecule has 0 unspecified atom stereocenters. The van der Waals surface area contributed by atoms with Crippen molar-refractivity contribution in [1.29, 1.82) is 5.26 Å². The summed E-state index contributed by atoms with van der Waals surface area (Å²) in [5, 5.41) is 13.1. The Morgan fingerprint density at radius 2 is 1.89 bits per heavy atom. The third kappa shape index (κ3) is 5.21. The molecule has 1 fully saturated rings. The lowest BCUT2D eigenvalue weighted by Gasteiger charge is -2.27. The van der Waals surface area contributed by atoms with Crippen LogP contribution in [-0.4, -0.2) is 62.2 Å². The van der Waals surface area contributed by atoms with Gasteiger partial charge in [-0.25, -0.2) is 4.98 Å². The fourth-order valence-corrected chi connectivity index (χ4v) is 4.93. The van der Waals surface area contributed by atoms with Crippen molar-refractivity contribution in [1.82, 2.24) is 15.2 Å². The van der Waals surface area contributed by atoms with E-state index in [0.717, 1.165) is 55.1 Å². The number of hydrogen-bond donors (Lipinski definition) is 1. The van der Waals surface area contributed by atoms with E-state index in [1.54, 1.807) is 12.0 Å². The lowest BCUT2D eigenvalue weighted by Crippen LogP contribution is -2.44. The van der Waals surface area contributed by atoms with Crippen LogP contribution in [0, 0.1) is 11.3 Å². The standard InChI is InChI=1S/C30H33N5O3/c1-20(2)21-4-7-25(23(16-21)18-31)26-8-5-22-19-35(30(36)29(22)33-26)24-6-9-27(28(17-24)37-3)38-15-14-34-12-10-32-11-13-34/h4-9,16-17,20,32H,10-15,19H2,1-3H3. The van der Waals surface area contributed by atoms with Gasteiger partial charge in [-0.2, -0.15) is 5.26 Å². The van der Waals surface area contributed by atoms with E-state index in [2.05, 4.69) is 30.1 Å². The molecule has 196 valence electrons. The van der Waals surface area contributed by atoms with Gasteiger partial charge in [-0.15, -0.1) is 0 Å². The summed E-state index contributed by atoms with van der Waals surface area (Å²) in [4.78, 5) is 22.2. The molecular formula is C30H33N5O3. The first kappa shape index (κ1) is 25.7. The number of pyridine rings is 1. The fraction of sp³-hybridized carbons (Fsp3) is 0.367. The average Bonchev–Trinajstić information content (AvgIpc) is 3.28. The topological polar surface area (TPSA) is 90.7 Å². The molecule has 2 aliphatic heterocycles. The highest BCUT2D eigenvalue weighted by atomic mass is 16.5. The van der Waals surface area contributed by atoms with E-state index in [1.807, 2.05) is 48.5 Å². The van der Waals surface area contributed by atoms with Gasteiger partial charge >= 0.3 is 0 Å². The van der Waals surface area contributed by atoms with Crippen LogP contribution >= 0.6 is 0 Å². The van der Waals surface area contributed by atoms with Gasteiger partial charge in [-0.1, -0.05) is 32.0 Å². The Morgan fingerprint density at radius 3 is 2.63 bits per heavy atom. The van der Waals surface area contributed by atoms with E-state index < -0.39 is 0 Å². The summed E-state index contributed by atoms with van der Waals surface area (Å²) in [6.45, 7) is 10.1. The molecule has 8 nitrogen and oxygen atoms in total. The summed E-state index contributed by atoms with van der Waals surface area (Å²) in [5.41, 5.74) is 4.99. The maximum absolute atomic E-state index is 13.4. The van der Waals surface area contributed by atoms with Gasteiger partial charge in [0.25, 0.3) is 5.91 Å². The van der Waals surface area contributed by atoms with E-state index >= 15 is 0 Å². The highest BCUT2D eigenvalue weighted by Gasteiger charge is 2.31.